The Morgan fingerprint density at radius 2 is 2.10 bits per heavy atom. The smallest absolute Gasteiger partial charge is 0.303 e. The maximum absolute atomic E-state index is 11.9. The summed E-state index contributed by atoms with van der Waals surface area (Å²) in [6.45, 7) is 4.43. The van der Waals surface area contributed by atoms with E-state index in [1.165, 1.54) is 6.20 Å². The Morgan fingerprint density at radius 1 is 1.40 bits per heavy atom. The molecular weight excluding hydrogens is 324 g/mol. The molecule has 0 aliphatic rings. The average molecular weight is 343 g/mol. The highest BCUT2D eigenvalue weighted by molar-refractivity contribution is 9.10. The van der Waals surface area contributed by atoms with E-state index in [2.05, 4.69) is 26.2 Å². The van der Waals surface area contributed by atoms with Crippen LogP contribution in [0.15, 0.2) is 22.9 Å². The van der Waals surface area contributed by atoms with Crippen molar-refractivity contribution in [3.63, 3.8) is 0 Å². The van der Waals surface area contributed by atoms with E-state index in [0.29, 0.717) is 22.6 Å². The normalized spacial score (nSPS) is 12.2. The molecule has 110 valence electrons. The summed E-state index contributed by atoms with van der Waals surface area (Å²) in [6, 6.07) is 3.36. The molecule has 1 atom stereocenters. The Kier molecular flexibility index (Phi) is 6.64. The lowest BCUT2D eigenvalue weighted by Gasteiger charge is -2.17. The molecule has 6 heteroatoms. The van der Waals surface area contributed by atoms with E-state index in [9.17, 15) is 9.59 Å². The second kappa shape index (κ2) is 7.99. The number of hydrogen-bond acceptors (Lipinski definition) is 3. The number of nitrogens with zero attached hydrogens (tertiary/aromatic N) is 1. The molecule has 0 aliphatic carbocycles. The largest absolute Gasteiger partial charge is 0.481 e. The molecule has 1 aromatic rings. The zero-order chi connectivity index (χ0) is 15.1. The Bertz CT molecular complexity index is 460. The minimum absolute atomic E-state index is 0.0557. The first-order valence-electron chi connectivity index (χ1n) is 6.50. The molecule has 1 amide bonds. The molecule has 0 fully saturated rings. The highest BCUT2D eigenvalue weighted by Crippen LogP contribution is 2.15. The summed E-state index contributed by atoms with van der Waals surface area (Å²) in [6.07, 6.45) is 2.32. The van der Waals surface area contributed by atoms with Gasteiger partial charge in [-0.3, -0.25) is 9.59 Å². The maximum atomic E-state index is 11.9. The lowest BCUT2D eigenvalue weighted by Crippen LogP contribution is -2.31. The highest BCUT2D eigenvalue weighted by atomic mass is 79.9. The predicted octanol–water partition coefficient (Wildman–Crippen LogP) is 2.71. The molecule has 20 heavy (non-hydrogen) atoms. The number of halogens is 1. The van der Waals surface area contributed by atoms with Crippen molar-refractivity contribution in [1.29, 1.82) is 0 Å². The number of carboxylic acids is 1. The highest BCUT2D eigenvalue weighted by Gasteiger charge is 2.16. The van der Waals surface area contributed by atoms with E-state index in [1.54, 1.807) is 12.1 Å². The first-order valence-corrected chi connectivity index (χ1v) is 7.29. The topological polar surface area (TPSA) is 79.3 Å². The molecule has 1 rings (SSSR count). The summed E-state index contributed by atoms with van der Waals surface area (Å²) in [5, 5.41) is 11.7. The van der Waals surface area contributed by atoms with Crippen LogP contribution in [0.4, 0.5) is 0 Å². The lowest BCUT2D eigenvalue weighted by atomic mass is 9.94. The van der Waals surface area contributed by atoms with E-state index >= 15 is 0 Å². The van der Waals surface area contributed by atoms with Crippen LogP contribution in [0, 0.1) is 11.8 Å². The number of carbonyl (C=O) groups excluding carboxylic acids is 1. The van der Waals surface area contributed by atoms with Gasteiger partial charge in [0, 0.05) is 19.2 Å². The van der Waals surface area contributed by atoms with E-state index in [-0.39, 0.29) is 18.2 Å². The average Bonchev–Trinajstić information content (AvgIpc) is 2.35. The third-order valence-corrected chi connectivity index (χ3v) is 3.28. The van der Waals surface area contributed by atoms with Crippen LogP contribution in [0.5, 0.6) is 0 Å². The minimum atomic E-state index is -0.838. The molecule has 1 aromatic heterocycles. The second-order valence-corrected chi connectivity index (χ2v) is 5.99. The number of aromatic nitrogens is 1. The third kappa shape index (κ3) is 6.14. The van der Waals surface area contributed by atoms with Gasteiger partial charge < -0.3 is 10.4 Å². The summed E-state index contributed by atoms with van der Waals surface area (Å²) >= 11 is 3.20. The summed E-state index contributed by atoms with van der Waals surface area (Å²) in [7, 11) is 0. The molecule has 0 aliphatic heterocycles. The van der Waals surface area contributed by atoms with Crippen molar-refractivity contribution in [3.05, 3.63) is 28.5 Å². The van der Waals surface area contributed by atoms with Gasteiger partial charge in [0.05, 0.1) is 5.56 Å². The number of amides is 1. The Morgan fingerprint density at radius 3 is 2.60 bits per heavy atom. The summed E-state index contributed by atoms with van der Waals surface area (Å²) < 4.78 is 0.664. The molecule has 0 bridgehead atoms. The van der Waals surface area contributed by atoms with Gasteiger partial charge >= 0.3 is 5.97 Å². The number of aliphatic carboxylic acids is 1. The van der Waals surface area contributed by atoms with Gasteiger partial charge in [0.25, 0.3) is 5.91 Å². The molecule has 2 N–H and O–H groups in total. The maximum Gasteiger partial charge on any atom is 0.303 e. The van der Waals surface area contributed by atoms with Crippen LogP contribution in [0.25, 0.3) is 0 Å². The second-order valence-electron chi connectivity index (χ2n) is 5.17. The molecule has 0 saturated heterocycles. The van der Waals surface area contributed by atoms with Crippen molar-refractivity contribution in [2.45, 2.75) is 26.7 Å². The minimum Gasteiger partial charge on any atom is -0.481 e. The van der Waals surface area contributed by atoms with Crippen molar-refractivity contribution < 1.29 is 14.7 Å². The fraction of sp³-hybridized carbons (Fsp3) is 0.500. The van der Waals surface area contributed by atoms with Crippen molar-refractivity contribution >= 4 is 27.8 Å². The molecule has 0 spiro atoms. The van der Waals surface area contributed by atoms with Crippen LogP contribution >= 0.6 is 15.9 Å². The number of carbonyl (C=O) groups is 2. The van der Waals surface area contributed by atoms with Gasteiger partial charge in [0.2, 0.25) is 0 Å². The predicted molar refractivity (Wildman–Crippen MR) is 79.5 cm³/mol. The van der Waals surface area contributed by atoms with E-state index in [1.807, 2.05) is 13.8 Å². The van der Waals surface area contributed by atoms with Gasteiger partial charge in [-0.05, 0) is 46.3 Å². The van der Waals surface area contributed by atoms with Gasteiger partial charge in [-0.25, -0.2) is 4.98 Å². The Balaban J connectivity index is 2.55. The van der Waals surface area contributed by atoms with Crippen molar-refractivity contribution in [2.75, 3.05) is 6.54 Å². The van der Waals surface area contributed by atoms with Crippen molar-refractivity contribution in [3.8, 4) is 0 Å². The summed E-state index contributed by atoms with van der Waals surface area (Å²) in [5.41, 5.74) is 0.465. The molecule has 1 heterocycles. The SMILES string of the molecule is CC(C)C[C@H](CNC(=O)c1ccc(Br)nc1)CC(=O)O. The molecule has 0 aromatic carbocycles. The van der Waals surface area contributed by atoms with Crippen LogP contribution in [0.2, 0.25) is 0 Å². The quantitative estimate of drug-likeness (QED) is 0.746. The van der Waals surface area contributed by atoms with Crippen LogP contribution in [-0.2, 0) is 4.79 Å². The Labute approximate surface area is 126 Å². The zero-order valence-electron chi connectivity index (χ0n) is 11.6. The number of nitrogens with one attached hydrogen (secondary N) is 1. The number of carboxylic acid groups (broad SMARTS) is 1. The van der Waals surface area contributed by atoms with E-state index in [0.717, 1.165) is 6.42 Å². The molecule has 5 nitrogen and oxygen atoms in total. The number of rotatable bonds is 7. The lowest BCUT2D eigenvalue weighted by molar-refractivity contribution is -0.138. The fourth-order valence-electron chi connectivity index (χ4n) is 2.00. The van der Waals surface area contributed by atoms with Crippen molar-refractivity contribution in [2.24, 2.45) is 11.8 Å². The molecular formula is C14H19BrN2O3. The summed E-state index contributed by atoms with van der Waals surface area (Å²) in [5.74, 6) is -0.732. The van der Waals surface area contributed by atoms with Gasteiger partial charge in [0.15, 0.2) is 0 Å². The molecule has 0 radical (unpaired) electrons. The van der Waals surface area contributed by atoms with Gasteiger partial charge in [-0.2, -0.15) is 0 Å². The molecule has 0 saturated carbocycles. The van der Waals surface area contributed by atoms with Gasteiger partial charge in [-0.15, -0.1) is 0 Å². The number of hydrogen-bond donors (Lipinski definition) is 2. The standard InChI is InChI=1S/C14H19BrN2O3/c1-9(2)5-10(6-13(18)19)7-17-14(20)11-3-4-12(15)16-8-11/h3-4,8-10H,5-7H2,1-2H3,(H,17,20)(H,18,19)/t10-/m0/s1. The van der Waals surface area contributed by atoms with Crippen LogP contribution in [0.1, 0.15) is 37.0 Å². The zero-order valence-corrected chi connectivity index (χ0v) is 13.2. The van der Waals surface area contributed by atoms with Crippen LogP contribution in [0.3, 0.4) is 0 Å². The number of pyridine rings is 1. The van der Waals surface area contributed by atoms with E-state index < -0.39 is 5.97 Å². The van der Waals surface area contributed by atoms with Crippen LogP contribution < -0.4 is 5.32 Å². The third-order valence-electron chi connectivity index (χ3n) is 2.81. The van der Waals surface area contributed by atoms with E-state index in [4.69, 9.17) is 5.11 Å². The first-order chi connectivity index (χ1) is 9.38. The first kappa shape index (κ1) is 16.6. The summed E-state index contributed by atoms with van der Waals surface area (Å²) in [4.78, 5) is 26.7. The van der Waals surface area contributed by atoms with Gasteiger partial charge in [-0.1, -0.05) is 13.8 Å². The fourth-order valence-corrected chi connectivity index (χ4v) is 2.24. The van der Waals surface area contributed by atoms with Gasteiger partial charge in [0.1, 0.15) is 4.60 Å². The molecule has 0 unspecified atom stereocenters. The monoisotopic (exact) mass is 342 g/mol. The Hall–Kier alpha value is -1.43. The van der Waals surface area contributed by atoms with Crippen molar-refractivity contribution in [1.82, 2.24) is 10.3 Å². The van der Waals surface area contributed by atoms with Crippen LogP contribution in [-0.4, -0.2) is 28.5 Å².